The predicted molar refractivity (Wildman–Crippen MR) is 77.1 cm³/mol. The summed E-state index contributed by atoms with van der Waals surface area (Å²) in [5, 5.41) is 1.92. The van der Waals surface area contributed by atoms with Crippen molar-refractivity contribution in [2.24, 2.45) is 5.41 Å². The summed E-state index contributed by atoms with van der Waals surface area (Å²) in [4.78, 5) is 0. The van der Waals surface area contributed by atoms with E-state index in [4.69, 9.17) is 4.74 Å². The number of alkyl halides is 3. The number of hydrazine groups is 1. The van der Waals surface area contributed by atoms with Crippen LogP contribution < -0.4 is 10.4 Å². The molecule has 0 radical (unpaired) electrons. The van der Waals surface area contributed by atoms with Gasteiger partial charge in [0.1, 0.15) is 5.41 Å². The normalized spacial score (nSPS) is 19.7. The molecule has 1 saturated carbocycles. The molecule has 3 rings (SSSR count). The largest absolute Gasteiger partial charge is 0.405 e. The van der Waals surface area contributed by atoms with Crippen LogP contribution in [-0.4, -0.2) is 26.4 Å². The molecule has 1 aromatic rings. The van der Waals surface area contributed by atoms with Crippen molar-refractivity contribution in [2.75, 3.05) is 25.2 Å². The van der Waals surface area contributed by atoms with Crippen LogP contribution >= 0.6 is 0 Å². The Morgan fingerprint density at radius 2 is 2.09 bits per heavy atom. The number of halogens is 3. The Morgan fingerprint density at radius 3 is 2.73 bits per heavy atom. The van der Waals surface area contributed by atoms with Crippen LogP contribution in [0, 0.1) is 17.3 Å². The quantitative estimate of drug-likeness (QED) is 0.807. The van der Waals surface area contributed by atoms with Crippen LogP contribution in [0.1, 0.15) is 24.0 Å². The van der Waals surface area contributed by atoms with Crippen LogP contribution in [0.3, 0.4) is 0 Å². The second-order valence-electron chi connectivity index (χ2n) is 5.56. The second kappa shape index (κ2) is 5.49. The Kier molecular flexibility index (Phi) is 3.79. The average molecular weight is 310 g/mol. The zero-order valence-electron chi connectivity index (χ0n) is 12.3. The maximum atomic E-state index is 13.0. The fourth-order valence-corrected chi connectivity index (χ4v) is 2.57. The van der Waals surface area contributed by atoms with Gasteiger partial charge in [0, 0.05) is 18.2 Å². The Balaban J connectivity index is 1.97. The molecule has 1 N–H and O–H groups in total. The van der Waals surface area contributed by atoms with Crippen molar-refractivity contribution >= 4 is 5.69 Å². The van der Waals surface area contributed by atoms with Gasteiger partial charge in [-0.1, -0.05) is 17.9 Å². The van der Waals surface area contributed by atoms with E-state index in [1.807, 2.05) is 17.1 Å². The number of hydrogen-bond donors (Lipinski definition) is 1. The number of ether oxygens (including phenoxy) is 1. The molecule has 2 aliphatic rings. The molecule has 1 fully saturated rings. The van der Waals surface area contributed by atoms with Crippen molar-refractivity contribution in [3.05, 3.63) is 29.3 Å². The molecule has 0 spiro atoms. The van der Waals surface area contributed by atoms with E-state index in [0.717, 1.165) is 11.3 Å². The molecule has 118 valence electrons. The molecule has 6 heteroatoms. The predicted octanol–water partition coefficient (Wildman–Crippen LogP) is 2.85. The van der Waals surface area contributed by atoms with Gasteiger partial charge in [0.15, 0.2) is 0 Å². The third kappa shape index (κ3) is 2.67. The molecule has 1 aromatic carbocycles. The SMILES string of the molecule is CNN1CCOCc2c(C#CC3(C(F)(F)F)CC3)cccc21. The van der Waals surface area contributed by atoms with Gasteiger partial charge in [-0.25, -0.2) is 5.43 Å². The molecule has 0 amide bonds. The molecule has 0 bridgehead atoms. The van der Waals surface area contributed by atoms with Crippen LogP contribution in [0.2, 0.25) is 0 Å². The molecule has 22 heavy (non-hydrogen) atoms. The van der Waals surface area contributed by atoms with Crippen LogP contribution in [-0.2, 0) is 11.3 Å². The smallest absolute Gasteiger partial charge is 0.375 e. The van der Waals surface area contributed by atoms with E-state index in [0.29, 0.717) is 25.3 Å². The lowest BCUT2D eigenvalue weighted by atomic mass is 10.0. The van der Waals surface area contributed by atoms with Crippen LogP contribution in [0.5, 0.6) is 0 Å². The molecule has 0 unspecified atom stereocenters. The third-order valence-corrected chi connectivity index (χ3v) is 4.15. The molecule has 1 heterocycles. The highest BCUT2D eigenvalue weighted by molar-refractivity contribution is 5.60. The second-order valence-corrected chi connectivity index (χ2v) is 5.56. The van der Waals surface area contributed by atoms with Gasteiger partial charge in [0.05, 0.1) is 25.4 Å². The highest BCUT2D eigenvalue weighted by Crippen LogP contribution is 2.57. The molecular formula is C16H17F3N2O. The summed E-state index contributed by atoms with van der Waals surface area (Å²) in [7, 11) is 1.80. The van der Waals surface area contributed by atoms with Crippen molar-refractivity contribution in [1.82, 2.24) is 5.43 Å². The van der Waals surface area contributed by atoms with Crippen LogP contribution in [0.25, 0.3) is 0 Å². The third-order valence-electron chi connectivity index (χ3n) is 4.15. The van der Waals surface area contributed by atoms with Crippen molar-refractivity contribution in [2.45, 2.75) is 25.6 Å². The Hall–Kier alpha value is -1.71. The van der Waals surface area contributed by atoms with E-state index >= 15 is 0 Å². The molecular weight excluding hydrogens is 293 g/mol. The topological polar surface area (TPSA) is 24.5 Å². The Labute approximate surface area is 127 Å². The van der Waals surface area contributed by atoms with Gasteiger partial charge in [0.25, 0.3) is 0 Å². The average Bonchev–Trinajstić information content (AvgIpc) is 3.28. The van der Waals surface area contributed by atoms with Gasteiger partial charge in [-0.05, 0) is 25.0 Å². The monoisotopic (exact) mass is 310 g/mol. The van der Waals surface area contributed by atoms with Gasteiger partial charge < -0.3 is 9.75 Å². The minimum absolute atomic E-state index is 0.0949. The van der Waals surface area contributed by atoms with Gasteiger partial charge in [-0.15, -0.1) is 0 Å². The first kappa shape index (κ1) is 15.2. The van der Waals surface area contributed by atoms with Crippen molar-refractivity contribution in [1.29, 1.82) is 0 Å². The van der Waals surface area contributed by atoms with E-state index < -0.39 is 11.6 Å². The summed E-state index contributed by atoms with van der Waals surface area (Å²) in [6, 6.07) is 5.48. The summed E-state index contributed by atoms with van der Waals surface area (Å²) in [6.45, 7) is 1.58. The first-order chi connectivity index (χ1) is 10.5. The zero-order valence-corrected chi connectivity index (χ0v) is 12.3. The maximum Gasteiger partial charge on any atom is 0.405 e. The standard InChI is InChI=1S/C16H17F3N2O/c1-20-21-9-10-22-11-13-12(3-2-4-14(13)21)5-6-15(7-8-15)16(17,18)19/h2-4,20H,7-11H2,1H3. The van der Waals surface area contributed by atoms with E-state index in [1.54, 1.807) is 13.1 Å². The lowest BCUT2D eigenvalue weighted by molar-refractivity contribution is -0.168. The summed E-state index contributed by atoms with van der Waals surface area (Å²) < 4.78 is 44.5. The number of rotatable bonds is 1. The summed E-state index contributed by atoms with van der Waals surface area (Å²) in [6.07, 6.45) is -4.06. The minimum Gasteiger partial charge on any atom is -0.375 e. The van der Waals surface area contributed by atoms with Gasteiger partial charge in [-0.3, -0.25) is 0 Å². The fourth-order valence-electron chi connectivity index (χ4n) is 2.57. The molecule has 0 aromatic heterocycles. The summed E-state index contributed by atoms with van der Waals surface area (Å²) >= 11 is 0. The Morgan fingerprint density at radius 1 is 1.32 bits per heavy atom. The molecule has 0 atom stereocenters. The lowest BCUT2D eigenvalue weighted by Gasteiger charge is -2.23. The van der Waals surface area contributed by atoms with Crippen LogP contribution in [0.4, 0.5) is 18.9 Å². The number of fused-ring (bicyclic) bond motifs is 1. The number of hydrogen-bond acceptors (Lipinski definition) is 3. The Bertz CT molecular complexity index is 627. The fraction of sp³-hybridized carbons (Fsp3) is 0.500. The van der Waals surface area contributed by atoms with E-state index in [-0.39, 0.29) is 12.8 Å². The minimum atomic E-state index is -4.25. The van der Waals surface area contributed by atoms with Crippen LogP contribution in [0.15, 0.2) is 18.2 Å². The van der Waals surface area contributed by atoms with Crippen molar-refractivity contribution in [3.8, 4) is 11.8 Å². The number of benzene rings is 1. The maximum absolute atomic E-state index is 13.0. The highest BCUT2D eigenvalue weighted by atomic mass is 19.4. The summed E-state index contributed by atoms with van der Waals surface area (Å²) in [5.74, 6) is 5.21. The van der Waals surface area contributed by atoms with Crippen molar-refractivity contribution < 1.29 is 17.9 Å². The summed E-state index contributed by atoms with van der Waals surface area (Å²) in [5.41, 5.74) is 3.61. The zero-order chi connectivity index (χ0) is 15.8. The number of anilines is 1. The van der Waals surface area contributed by atoms with Gasteiger partial charge in [0.2, 0.25) is 0 Å². The van der Waals surface area contributed by atoms with Gasteiger partial charge >= 0.3 is 6.18 Å². The lowest BCUT2D eigenvalue weighted by Crippen LogP contribution is -2.37. The number of nitrogens with one attached hydrogen (secondary N) is 1. The van der Waals surface area contributed by atoms with Crippen molar-refractivity contribution in [3.63, 3.8) is 0 Å². The van der Waals surface area contributed by atoms with E-state index in [1.165, 1.54) is 0 Å². The molecule has 1 aliphatic heterocycles. The van der Waals surface area contributed by atoms with Gasteiger partial charge in [-0.2, -0.15) is 13.2 Å². The highest BCUT2D eigenvalue weighted by Gasteiger charge is 2.62. The molecule has 3 nitrogen and oxygen atoms in total. The molecule has 1 aliphatic carbocycles. The van der Waals surface area contributed by atoms with E-state index in [2.05, 4.69) is 17.3 Å². The molecule has 0 saturated heterocycles. The first-order valence-electron chi connectivity index (χ1n) is 7.21. The van der Waals surface area contributed by atoms with E-state index in [9.17, 15) is 13.2 Å². The number of nitrogens with zero attached hydrogens (tertiary/aromatic N) is 1. The first-order valence-corrected chi connectivity index (χ1v) is 7.21.